The Kier molecular flexibility index (Phi) is 6.86. The van der Waals surface area contributed by atoms with Crippen LogP contribution in [0, 0.1) is 5.82 Å². The highest BCUT2D eigenvalue weighted by Crippen LogP contribution is 2.37. The molecule has 1 fully saturated rings. The molecule has 1 aliphatic rings. The van der Waals surface area contributed by atoms with Gasteiger partial charge in [-0.25, -0.2) is 4.39 Å². The molecule has 0 N–H and O–H groups in total. The Labute approximate surface area is 198 Å². The molecule has 2 aromatic carbocycles. The van der Waals surface area contributed by atoms with Crippen LogP contribution in [0.25, 0.3) is 0 Å². The fourth-order valence-electron chi connectivity index (χ4n) is 3.19. The van der Waals surface area contributed by atoms with Crippen LogP contribution in [-0.4, -0.2) is 20.4 Å². The molecule has 0 radical (unpaired) electrons. The standard InChI is InChI=1S/C22H16Cl2FNO3S2/c23-17-8-14(9-18(24)20(17)29-12-13-3-1-4-15(25)7-13)10-19-21(27)26(22(30)31-19)11-16-5-2-6-28-16/h1-9,19H,10-12H2/t19-/m1/s1. The maximum atomic E-state index is 13.3. The summed E-state index contributed by atoms with van der Waals surface area (Å²) in [6.45, 7) is 0.437. The van der Waals surface area contributed by atoms with Crippen LogP contribution in [0.3, 0.4) is 0 Å². The lowest BCUT2D eigenvalue weighted by Crippen LogP contribution is -2.31. The van der Waals surface area contributed by atoms with Crippen molar-refractivity contribution in [3.05, 3.63) is 87.5 Å². The van der Waals surface area contributed by atoms with Crippen molar-refractivity contribution in [1.82, 2.24) is 4.90 Å². The van der Waals surface area contributed by atoms with Gasteiger partial charge in [-0.3, -0.25) is 9.69 Å². The number of hydrogen-bond acceptors (Lipinski definition) is 5. The van der Waals surface area contributed by atoms with Gasteiger partial charge in [0.2, 0.25) is 5.91 Å². The SMILES string of the molecule is O=C1[C@@H](Cc2cc(Cl)c(OCc3cccc(F)c3)c(Cl)c2)SC(=S)N1Cc1ccco1. The zero-order valence-corrected chi connectivity index (χ0v) is 19.2. The van der Waals surface area contributed by atoms with Crippen LogP contribution in [0.4, 0.5) is 4.39 Å². The Morgan fingerprint density at radius 3 is 2.58 bits per heavy atom. The summed E-state index contributed by atoms with van der Waals surface area (Å²) < 4.78 is 24.9. The predicted molar refractivity (Wildman–Crippen MR) is 124 cm³/mol. The van der Waals surface area contributed by atoms with Crippen LogP contribution >= 0.6 is 47.2 Å². The molecule has 1 saturated heterocycles. The number of benzene rings is 2. The van der Waals surface area contributed by atoms with Crippen LogP contribution in [0.2, 0.25) is 10.0 Å². The smallest absolute Gasteiger partial charge is 0.242 e. The minimum atomic E-state index is -0.367. The number of ether oxygens (including phenoxy) is 1. The van der Waals surface area contributed by atoms with E-state index in [-0.39, 0.29) is 23.6 Å². The van der Waals surface area contributed by atoms with Crippen LogP contribution in [0.15, 0.2) is 59.2 Å². The summed E-state index contributed by atoms with van der Waals surface area (Å²) in [6, 6.07) is 13.1. The first kappa shape index (κ1) is 22.1. The largest absolute Gasteiger partial charge is 0.486 e. The summed E-state index contributed by atoms with van der Waals surface area (Å²) in [4.78, 5) is 14.4. The molecule has 0 spiro atoms. The number of amides is 1. The van der Waals surface area contributed by atoms with Crippen molar-refractivity contribution in [2.75, 3.05) is 0 Å². The van der Waals surface area contributed by atoms with E-state index in [0.717, 1.165) is 5.56 Å². The number of hydrogen-bond donors (Lipinski definition) is 0. The molecule has 4 nitrogen and oxygen atoms in total. The molecule has 3 aromatic rings. The molecule has 1 atom stereocenters. The zero-order valence-electron chi connectivity index (χ0n) is 16.0. The topological polar surface area (TPSA) is 42.7 Å². The Hall–Kier alpha value is -2.06. The molecule has 9 heteroatoms. The Morgan fingerprint density at radius 2 is 1.90 bits per heavy atom. The highest BCUT2D eigenvalue weighted by Gasteiger charge is 2.37. The maximum Gasteiger partial charge on any atom is 0.242 e. The van der Waals surface area contributed by atoms with E-state index in [1.807, 2.05) is 0 Å². The van der Waals surface area contributed by atoms with Gasteiger partial charge in [-0.1, -0.05) is 59.3 Å². The molecule has 160 valence electrons. The third-order valence-electron chi connectivity index (χ3n) is 4.65. The molecule has 1 aliphatic heterocycles. The van der Waals surface area contributed by atoms with E-state index in [2.05, 4.69) is 0 Å². The maximum absolute atomic E-state index is 13.3. The molecule has 0 aliphatic carbocycles. The number of furan rings is 1. The van der Waals surface area contributed by atoms with Crippen molar-refractivity contribution >= 4 is 57.4 Å². The second-order valence-corrected chi connectivity index (χ2v) is 9.54. The number of thiocarbonyl (C=S) groups is 1. The second kappa shape index (κ2) is 9.61. The molecule has 1 aromatic heterocycles. The van der Waals surface area contributed by atoms with Crippen molar-refractivity contribution in [3.8, 4) is 5.75 Å². The number of rotatable bonds is 7. The highest BCUT2D eigenvalue weighted by molar-refractivity contribution is 8.24. The number of nitrogens with zero attached hydrogens (tertiary/aromatic N) is 1. The van der Waals surface area contributed by atoms with E-state index in [1.54, 1.807) is 47.6 Å². The van der Waals surface area contributed by atoms with Gasteiger partial charge in [0, 0.05) is 0 Å². The molecule has 0 unspecified atom stereocenters. The van der Waals surface area contributed by atoms with Gasteiger partial charge in [0.05, 0.1) is 28.1 Å². The first-order valence-electron chi connectivity index (χ1n) is 9.30. The molecule has 4 rings (SSSR count). The van der Waals surface area contributed by atoms with Gasteiger partial charge in [-0.15, -0.1) is 0 Å². The summed E-state index contributed by atoms with van der Waals surface area (Å²) in [5.41, 5.74) is 1.45. The second-order valence-electron chi connectivity index (χ2n) is 6.89. The third-order valence-corrected chi connectivity index (χ3v) is 6.80. The molecular formula is C22H16Cl2FNO3S2. The van der Waals surface area contributed by atoms with Gasteiger partial charge < -0.3 is 9.15 Å². The monoisotopic (exact) mass is 495 g/mol. The van der Waals surface area contributed by atoms with E-state index in [9.17, 15) is 9.18 Å². The zero-order chi connectivity index (χ0) is 22.0. The van der Waals surface area contributed by atoms with E-state index in [1.165, 1.54) is 23.9 Å². The van der Waals surface area contributed by atoms with Crippen LogP contribution in [0.1, 0.15) is 16.9 Å². The minimum Gasteiger partial charge on any atom is -0.486 e. The molecule has 2 heterocycles. The summed E-state index contributed by atoms with van der Waals surface area (Å²) in [5, 5.41) is 0.280. The lowest BCUT2D eigenvalue weighted by molar-refractivity contribution is -0.126. The summed E-state index contributed by atoms with van der Waals surface area (Å²) in [6.07, 6.45) is 1.98. The fraction of sp³-hybridized carbons (Fsp3) is 0.182. The first-order chi connectivity index (χ1) is 14.9. The first-order valence-corrected chi connectivity index (χ1v) is 11.3. The van der Waals surface area contributed by atoms with Gasteiger partial charge in [0.1, 0.15) is 22.5 Å². The van der Waals surface area contributed by atoms with Crippen LogP contribution in [-0.2, 0) is 24.4 Å². The Bertz CT molecular complexity index is 1100. The van der Waals surface area contributed by atoms with Gasteiger partial charge in [-0.05, 0) is 53.9 Å². The molecule has 31 heavy (non-hydrogen) atoms. The average Bonchev–Trinajstić information content (AvgIpc) is 3.32. The van der Waals surface area contributed by atoms with Crippen molar-refractivity contribution in [1.29, 1.82) is 0 Å². The van der Waals surface area contributed by atoms with Crippen molar-refractivity contribution in [2.45, 2.75) is 24.8 Å². The van der Waals surface area contributed by atoms with E-state index in [0.29, 0.717) is 44.4 Å². The Morgan fingerprint density at radius 1 is 1.13 bits per heavy atom. The number of carbonyl (C=O) groups excluding carboxylic acids is 1. The number of thioether (sulfide) groups is 1. The molecule has 0 saturated carbocycles. The van der Waals surface area contributed by atoms with E-state index in [4.69, 9.17) is 44.6 Å². The molecule has 0 bridgehead atoms. The van der Waals surface area contributed by atoms with E-state index < -0.39 is 0 Å². The Balaban J connectivity index is 1.43. The third kappa shape index (κ3) is 5.23. The normalized spacial score (nSPS) is 16.2. The van der Waals surface area contributed by atoms with Gasteiger partial charge in [-0.2, -0.15) is 0 Å². The lowest BCUT2D eigenvalue weighted by Gasteiger charge is -2.15. The molecule has 1 amide bonds. The quantitative estimate of drug-likeness (QED) is 0.361. The van der Waals surface area contributed by atoms with Crippen LogP contribution in [0.5, 0.6) is 5.75 Å². The van der Waals surface area contributed by atoms with Gasteiger partial charge in [0.25, 0.3) is 0 Å². The number of halogens is 3. The van der Waals surface area contributed by atoms with Crippen LogP contribution < -0.4 is 4.74 Å². The number of carbonyl (C=O) groups is 1. The predicted octanol–water partition coefficient (Wildman–Crippen LogP) is 6.28. The van der Waals surface area contributed by atoms with E-state index >= 15 is 0 Å². The van der Waals surface area contributed by atoms with Gasteiger partial charge >= 0.3 is 0 Å². The lowest BCUT2D eigenvalue weighted by atomic mass is 10.1. The van der Waals surface area contributed by atoms with Gasteiger partial charge in [0.15, 0.2) is 5.75 Å². The molecular weight excluding hydrogens is 480 g/mol. The average molecular weight is 496 g/mol. The summed E-state index contributed by atoms with van der Waals surface area (Å²) in [7, 11) is 0. The summed E-state index contributed by atoms with van der Waals surface area (Å²) in [5.74, 6) is 0.566. The van der Waals surface area contributed by atoms with Crippen molar-refractivity contribution < 1.29 is 18.3 Å². The highest BCUT2D eigenvalue weighted by atomic mass is 35.5. The van der Waals surface area contributed by atoms with Crippen molar-refractivity contribution in [3.63, 3.8) is 0 Å². The van der Waals surface area contributed by atoms with Crippen molar-refractivity contribution in [2.24, 2.45) is 0 Å². The fourth-order valence-corrected chi connectivity index (χ4v) is 5.37. The minimum absolute atomic E-state index is 0.0786. The summed E-state index contributed by atoms with van der Waals surface area (Å²) >= 11 is 19.5.